The molecule has 1 unspecified atom stereocenters. The summed E-state index contributed by atoms with van der Waals surface area (Å²) in [5.41, 5.74) is 3.64. The van der Waals surface area contributed by atoms with Crippen molar-refractivity contribution in [3.05, 3.63) is 29.6 Å². The number of thiol groups is 1. The van der Waals surface area contributed by atoms with Crippen LogP contribution in [-0.4, -0.2) is 18.1 Å². The fourth-order valence-corrected chi connectivity index (χ4v) is 3.78. The summed E-state index contributed by atoms with van der Waals surface area (Å²) in [7, 11) is 0. The van der Waals surface area contributed by atoms with E-state index >= 15 is 0 Å². The lowest BCUT2D eigenvalue weighted by atomic mass is 10.2. The van der Waals surface area contributed by atoms with E-state index in [0.29, 0.717) is 0 Å². The summed E-state index contributed by atoms with van der Waals surface area (Å²) in [5, 5.41) is 0.175. The average molecular weight is 344 g/mol. The lowest BCUT2D eigenvalue weighted by Gasteiger charge is -2.18. The SMILES string of the molecule is SC1C=C(I)c2cc(N3CCCC3)cnc21. The van der Waals surface area contributed by atoms with Gasteiger partial charge in [0.05, 0.1) is 22.8 Å². The Balaban J connectivity index is 1.99. The first kappa shape index (κ1) is 10.9. The molecule has 2 aliphatic rings. The van der Waals surface area contributed by atoms with E-state index in [-0.39, 0.29) is 5.25 Å². The molecule has 4 heteroatoms. The first-order valence-corrected chi connectivity index (χ1v) is 7.16. The van der Waals surface area contributed by atoms with Gasteiger partial charge in [-0.15, -0.1) is 0 Å². The van der Waals surface area contributed by atoms with Gasteiger partial charge in [0, 0.05) is 22.2 Å². The van der Waals surface area contributed by atoms with Crippen molar-refractivity contribution in [3.63, 3.8) is 0 Å². The first-order valence-electron chi connectivity index (χ1n) is 5.56. The highest BCUT2D eigenvalue weighted by atomic mass is 127. The van der Waals surface area contributed by atoms with Gasteiger partial charge < -0.3 is 4.90 Å². The van der Waals surface area contributed by atoms with Crippen LogP contribution in [0.5, 0.6) is 0 Å². The zero-order valence-electron chi connectivity index (χ0n) is 8.86. The minimum absolute atomic E-state index is 0.175. The lowest BCUT2D eigenvalue weighted by molar-refractivity contribution is 0.949. The molecular formula is C12H13IN2S. The summed E-state index contributed by atoms with van der Waals surface area (Å²) in [6, 6.07) is 2.27. The molecule has 16 heavy (non-hydrogen) atoms. The largest absolute Gasteiger partial charge is 0.370 e. The number of pyridine rings is 1. The predicted octanol–water partition coefficient (Wildman–Crippen LogP) is 3.44. The van der Waals surface area contributed by atoms with Crippen molar-refractivity contribution < 1.29 is 0 Å². The topological polar surface area (TPSA) is 16.1 Å². The molecule has 0 N–H and O–H groups in total. The summed E-state index contributed by atoms with van der Waals surface area (Å²) in [5.74, 6) is 0. The fourth-order valence-electron chi connectivity index (χ4n) is 2.35. The van der Waals surface area contributed by atoms with Crippen molar-refractivity contribution in [1.82, 2.24) is 4.98 Å². The van der Waals surface area contributed by atoms with Crippen molar-refractivity contribution >= 4 is 44.5 Å². The van der Waals surface area contributed by atoms with E-state index in [0.717, 1.165) is 5.69 Å². The summed E-state index contributed by atoms with van der Waals surface area (Å²) in [6.07, 6.45) is 6.77. The van der Waals surface area contributed by atoms with Crippen LogP contribution < -0.4 is 4.90 Å². The molecule has 3 rings (SSSR count). The average Bonchev–Trinajstić information content (AvgIpc) is 2.88. The third kappa shape index (κ3) is 1.76. The van der Waals surface area contributed by atoms with Crippen molar-refractivity contribution in [2.75, 3.05) is 18.0 Å². The van der Waals surface area contributed by atoms with Crippen LogP contribution in [0, 0.1) is 0 Å². The number of fused-ring (bicyclic) bond motifs is 1. The molecule has 2 nitrogen and oxygen atoms in total. The molecule has 1 aliphatic heterocycles. The summed E-state index contributed by atoms with van der Waals surface area (Å²) in [6.45, 7) is 2.34. The lowest BCUT2D eigenvalue weighted by Crippen LogP contribution is -2.18. The molecule has 1 aromatic heterocycles. The van der Waals surface area contributed by atoms with Gasteiger partial charge in [0.1, 0.15) is 0 Å². The Bertz CT molecular complexity index is 452. The molecule has 1 fully saturated rings. The van der Waals surface area contributed by atoms with Crippen LogP contribution in [0.2, 0.25) is 0 Å². The van der Waals surface area contributed by atoms with Crippen LogP contribution in [-0.2, 0) is 0 Å². The minimum Gasteiger partial charge on any atom is -0.370 e. The maximum atomic E-state index is 4.56. The Morgan fingerprint density at radius 1 is 1.38 bits per heavy atom. The van der Waals surface area contributed by atoms with Gasteiger partial charge in [0.25, 0.3) is 0 Å². The molecule has 1 saturated heterocycles. The molecule has 0 amide bonds. The minimum atomic E-state index is 0.175. The fraction of sp³-hybridized carbons (Fsp3) is 0.417. The maximum Gasteiger partial charge on any atom is 0.0654 e. The van der Waals surface area contributed by atoms with E-state index in [4.69, 9.17) is 0 Å². The highest BCUT2D eigenvalue weighted by Gasteiger charge is 2.22. The van der Waals surface area contributed by atoms with Crippen molar-refractivity contribution in [1.29, 1.82) is 0 Å². The van der Waals surface area contributed by atoms with Crippen LogP contribution in [0.25, 0.3) is 3.58 Å². The number of rotatable bonds is 1. The second kappa shape index (κ2) is 4.22. The molecule has 2 heterocycles. The van der Waals surface area contributed by atoms with E-state index in [9.17, 15) is 0 Å². The first-order chi connectivity index (χ1) is 7.75. The Morgan fingerprint density at radius 3 is 2.88 bits per heavy atom. The Hall–Kier alpha value is -0.230. The van der Waals surface area contributed by atoms with Gasteiger partial charge in [-0.2, -0.15) is 12.6 Å². The number of hydrogen-bond acceptors (Lipinski definition) is 3. The van der Waals surface area contributed by atoms with E-state index in [1.807, 2.05) is 6.20 Å². The maximum absolute atomic E-state index is 4.56. The van der Waals surface area contributed by atoms with Crippen LogP contribution >= 0.6 is 35.2 Å². The smallest absolute Gasteiger partial charge is 0.0654 e. The monoisotopic (exact) mass is 344 g/mol. The second-order valence-corrected chi connectivity index (χ2v) is 6.00. The van der Waals surface area contributed by atoms with Crippen LogP contribution in [0.1, 0.15) is 29.3 Å². The van der Waals surface area contributed by atoms with Gasteiger partial charge in [0.15, 0.2) is 0 Å². The van der Waals surface area contributed by atoms with Gasteiger partial charge in [-0.3, -0.25) is 4.98 Å². The number of nitrogens with zero attached hydrogens (tertiary/aromatic N) is 2. The predicted molar refractivity (Wildman–Crippen MR) is 79.4 cm³/mol. The van der Waals surface area contributed by atoms with E-state index in [1.54, 1.807) is 0 Å². The normalized spacial score (nSPS) is 23.5. The number of aromatic nitrogens is 1. The van der Waals surface area contributed by atoms with Crippen LogP contribution in [0.15, 0.2) is 18.3 Å². The molecule has 0 bridgehead atoms. The molecule has 84 valence electrons. The molecule has 1 atom stereocenters. The third-order valence-corrected chi connectivity index (χ3v) is 4.55. The van der Waals surface area contributed by atoms with Gasteiger partial charge >= 0.3 is 0 Å². The molecule has 0 radical (unpaired) electrons. The molecular weight excluding hydrogens is 331 g/mol. The van der Waals surface area contributed by atoms with Gasteiger partial charge in [-0.25, -0.2) is 0 Å². The van der Waals surface area contributed by atoms with Crippen molar-refractivity contribution in [3.8, 4) is 0 Å². The van der Waals surface area contributed by atoms with E-state index < -0.39 is 0 Å². The Morgan fingerprint density at radius 2 is 2.12 bits per heavy atom. The van der Waals surface area contributed by atoms with Gasteiger partial charge in [-0.1, -0.05) is 6.08 Å². The van der Waals surface area contributed by atoms with Crippen molar-refractivity contribution in [2.45, 2.75) is 18.1 Å². The molecule has 0 saturated carbocycles. The summed E-state index contributed by atoms with van der Waals surface area (Å²) >= 11 is 6.89. The number of halogens is 1. The Labute approximate surface area is 115 Å². The van der Waals surface area contributed by atoms with Crippen molar-refractivity contribution in [2.24, 2.45) is 0 Å². The molecule has 0 aromatic carbocycles. The number of hydrogen-bond donors (Lipinski definition) is 1. The molecule has 1 aromatic rings. The van der Waals surface area contributed by atoms with Gasteiger partial charge in [-0.05, 0) is 41.5 Å². The van der Waals surface area contributed by atoms with Crippen LogP contribution in [0.4, 0.5) is 5.69 Å². The van der Waals surface area contributed by atoms with Gasteiger partial charge in [0.2, 0.25) is 0 Å². The standard InChI is InChI=1S/C12H13IN2S/c13-10-6-11(16)12-9(10)5-8(7-14-12)15-3-1-2-4-15/h5-7,11,16H,1-4H2. The zero-order valence-corrected chi connectivity index (χ0v) is 11.9. The quantitative estimate of drug-likeness (QED) is 0.621. The van der Waals surface area contributed by atoms with Crippen LogP contribution in [0.3, 0.4) is 0 Å². The third-order valence-electron chi connectivity index (χ3n) is 3.22. The highest BCUT2D eigenvalue weighted by molar-refractivity contribution is 14.1. The van der Waals surface area contributed by atoms with E-state index in [2.05, 4.69) is 57.2 Å². The molecule has 0 spiro atoms. The second-order valence-electron chi connectivity index (χ2n) is 4.28. The highest BCUT2D eigenvalue weighted by Crippen LogP contribution is 2.41. The summed E-state index contributed by atoms with van der Waals surface area (Å²) in [4.78, 5) is 6.98. The molecule has 1 aliphatic carbocycles. The van der Waals surface area contributed by atoms with E-state index in [1.165, 1.54) is 40.8 Å². The zero-order chi connectivity index (χ0) is 11.1. The summed E-state index contributed by atoms with van der Waals surface area (Å²) < 4.78 is 1.28. The Kier molecular flexibility index (Phi) is 2.87. The number of anilines is 1.